The summed E-state index contributed by atoms with van der Waals surface area (Å²) in [4.78, 5) is 11.7. The van der Waals surface area contributed by atoms with E-state index in [1.165, 1.54) is 0 Å². The van der Waals surface area contributed by atoms with E-state index in [0.717, 1.165) is 12.1 Å². The van der Waals surface area contributed by atoms with E-state index in [9.17, 15) is 4.79 Å². The summed E-state index contributed by atoms with van der Waals surface area (Å²) < 4.78 is 8.54. The van der Waals surface area contributed by atoms with Crippen molar-refractivity contribution in [2.75, 3.05) is 6.61 Å². The van der Waals surface area contributed by atoms with Crippen molar-refractivity contribution in [3.05, 3.63) is 29.6 Å². The van der Waals surface area contributed by atoms with Crippen LogP contribution in [0.4, 0.5) is 0 Å². The van der Waals surface area contributed by atoms with Crippen molar-refractivity contribution in [2.45, 2.75) is 26.8 Å². The van der Waals surface area contributed by atoms with E-state index in [1.54, 1.807) is 17.7 Å². The van der Waals surface area contributed by atoms with E-state index in [4.69, 9.17) is 4.74 Å². The molecule has 0 aromatic carbocycles. The Morgan fingerprint density at radius 1 is 1.42 bits per heavy atom. The minimum Gasteiger partial charge on any atom is -0.460 e. The van der Waals surface area contributed by atoms with Crippen molar-refractivity contribution in [1.29, 1.82) is 0 Å². The Kier molecular flexibility index (Phi) is 3.94. The van der Waals surface area contributed by atoms with Gasteiger partial charge in [0.1, 0.15) is 5.82 Å². The highest BCUT2D eigenvalue weighted by molar-refractivity contribution is 5.85. The number of rotatable bonds is 5. The Morgan fingerprint density at radius 3 is 2.84 bits per heavy atom. The molecule has 2 rings (SSSR count). The molecule has 2 aromatic rings. The number of ether oxygens (including phenoxy) is 1. The molecule has 0 atom stereocenters. The zero-order valence-corrected chi connectivity index (χ0v) is 11.3. The average Bonchev–Trinajstić information content (AvgIpc) is 2.94. The number of hydrogen-bond acceptors (Lipinski definition) is 5. The molecule has 2 aromatic heterocycles. The lowest BCUT2D eigenvalue weighted by Crippen LogP contribution is -2.16. The standard InChI is InChI=1S/C12H17N5O2/c1-4-19-12(18)11-15-14-9(2)17(11)8-6-10-5-7-13-16(10)3/h5,7H,4,6,8H2,1-3H3. The van der Waals surface area contributed by atoms with Gasteiger partial charge in [-0.1, -0.05) is 0 Å². The summed E-state index contributed by atoms with van der Waals surface area (Å²) in [5.74, 6) is 0.514. The van der Waals surface area contributed by atoms with Gasteiger partial charge in [0.05, 0.1) is 6.61 Å². The quantitative estimate of drug-likeness (QED) is 0.744. The molecular weight excluding hydrogens is 246 g/mol. The first-order valence-corrected chi connectivity index (χ1v) is 6.17. The molecule has 0 bridgehead atoms. The van der Waals surface area contributed by atoms with E-state index in [1.807, 2.05) is 24.7 Å². The highest BCUT2D eigenvalue weighted by Gasteiger charge is 2.17. The molecule has 19 heavy (non-hydrogen) atoms. The van der Waals surface area contributed by atoms with E-state index >= 15 is 0 Å². The lowest BCUT2D eigenvalue weighted by Gasteiger charge is -2.08. The lowest BCUT2D eigenvalue weighted by molar-refractivity contribution is 0.0505. The van der Waals surface area contributed by atoms with Gasteiger partial charge in [-0.3, -0.25) is 4.68 Å². The van der Waals surface area contributed by atoms with Crippen molar-refractivity contribution in [2.24, 2.45) is 7.05 Å². The molecule has 2 heterocycles. The molecule has 7 nitrogen and oxygen atoms in total. The monoisotopic (exact) mass is 263 g/mol. The minimum atomic E-state index is -0.437. The summed E-state index contributed by atoms with van der Waals surface area (Å²) in [5, 5.41) is 11.9. The predicted octanol–water partition coefficient (Wildman–Crippen LogP) is 0.739. The maximum Gasteiger partial charge on any atom is 0.376 e. The van der Waals surface area contributed by atoms with Crippen LogP contribution in [-0.2, 0) is 24.8 Å². The van der Waals surface area contributed by atoms with Crippen molar-refractivity contribution in [1.82, 2.24) is 24.5 Å². The first-order valence-electron chi connectivity index (χ1n) is 6.17. The number of carbonyl (C=O) groups excluding carboxylic acids is 1. The Bertz CT molecular complexity index is 572. The molecular formula is C12H17N5O2. The summed E-state index contributed by atoms with van der Waals surface area (Å²) >= 11 is 0. The third-order valence-corrected chi connectivity index (χ3v) is 2.91. The molecule has 0 saturated carbocycles. The maximum absolute atomic E-state index is 11.7. The third-order valence-electron chi connectivity index (χ3n) is 2.91. The van der Waals surface area contributed by atoms with Gasteiger partial charge in [0.15, 0.2) is 0 Å². The second-order valence-corrected chi connectivity index (χ2v) is 4.14. The van der Waals surface area contributed by atoms with Gasteiger partial charge in [-0.15, -0.1) is 10.2 Å². The zero-order valence-electron chi connectivity index (χ0n) is 11.3. The van der Waals surface area contributed by atoms with Crippen molar-refractivity contribution in [3.63, 3.8) is 0 Å². The summed E-state index contributed by atoms with van der Waals surface area (Å²) in [6.45, 7) is 4.53. The number of esters is 1. The van der Waals surface area contributed by atoms with E-state index in [2.05, 4.69) is 15.3 Å². The van der Waals surface area contributed by atoms with Crippen LogP contribution in [0.5, 0.6) is 0 Å². The van der Waals surface area contributed by atoms with Crippen molar-refractivity contribution in [3.8, 4) is 0 Å². The van der Waals surface area contributed by atoms with Crippen LogP contribution < -0.4 is 0 Å². The Balaban J connectivity index is 2.13. The highest BCUT2D eigenvalue weighted by Crippen LogP contribution is 2.07. The summed E-state index contributed by atoms with van der Waals surface area (Å²) in [7, 11) is 1.89. The number of carbonyl (C=O) groups is 1. The van der Waals surface area contributed by atoms with Crippen molar-refractivity contribution >= 4 is 5.97 Å². The predicted molar refractivity (Wildman–Crippen MR) is 67.6 cm³/mol. The van der Waals surface area contributed by atoms with Gasteiger partial charge < -0.3 is 9.30 Å². The fourth-order valence-corrected chi connectivity index (χ4v) is 1.87. The Morgan fingerprint density at radius 2 is 2.21 bits per heavy atom. The smallest absolute Gasteiger partial charge is 0.376 e. The largest absolute Gasteiger partial charge is 0.460 e. The van der Waals surface area contributed by atoms with Gasteiger partial charge in [-0.05, 0) is 19.9 Å². The van der Waals surface area contributed by atoms with Crippen LogP contribution in [0.25, 0.3) is 0 Å². The Hall–Kier alpha value is -2.18. The molecule has 0 fully saturated rings. The van der Waals surface area contributed by atoms with E-state index in [-0.39, 0.29) is 5.82 Å². The van der Waals surface area contributed by atoms with E-state index in [0.29, 0.717) is 19.0 Å². The van der Waals surface area contributed by atoms with Crippen molar-refractivity contribution < 1.29 is 9.53 Å². The molecule has 0 unspecified atom stereocenters. The third kappa shape index (κ3) is 2.81. The second kappa shape index (κ2) is 5.64. The maximum atomic E-state index is 11.7. The van der Waals surface area contributed by atoms with Crippen LogP contribution in [0, 0.1) is 6.92 Å². The number of hydrogen-bond donors (Lipinski definition) is 0. The average molecular weight is 263 g/mol. The van der Waals surface area contributed by atoms with Gasteiger partial charge in [0.2, 0.25) is 5.82 Å². The minimum absolute atomic E-state index is 0.251. The van der Waals surface area contributed by atoms with Crippen LogP contribution in [0.1, 0.15) is 29.1 Å². The molecule has 0 radical (unpaired) electrons. The Labute approximate surface area is 111 Å². The van der Waals surface area contributed by atoms with E-state index < -0.39 is 5.97 Å². The SMILES string of the molecule is CCOC(=O)c1nnc(C)n1CCc1ccnn1C. The molecule has 0 aliphatic heterocycles. The van der Waals surface area contributed by atoms with Crippen LogP contribution in [0.2, 0.25) is 0 Å². The molecule has 0 N–H and O–H groups in total. The van der Waals surface area contributed by atoms with Crippen LogP contribution >= 0.6 is 0 Å². The van der Waals surface area contributed by atoms with Crippen LogP contribution in [0.3, 0.4) is 0 Å². The molecule has 0 spiro atoms. The second-order valence-electron chi connectivity index (χ2n) is 4.14. The molecule has 0 aliphatic rings. The highest BCUT2D eigenvalue weighted by atomic mass is 16.5. The summed E-state index contributed by atoms with van der Waals surface area (Å²) in [6.07, 6.45) is 2.50. The summed E-state index contributed by atoms with van der Waals surface area (Å²) in [6, 6.07) is 1.95. The molecule has 7 heteroatoms. The summed E-state index contributed by atoms with van der Waals surface area (Å²) in [5.41, 5.74) is 1.09. The molecule has 102 valence electrons. The molecule has 0 amide bonds. The molecule has 0 saturated heterocycles. The molecule has 0 aliphatic carbocycles. The zero-order chi connectivity index (χ0) is 13.8. The first-order chi connectivity index (χ1) is 9.13. The van der Waals surface area contributed by atoms with Gasteiger partial charge in [-0.25, -0.2) is 4.79 Å². The number of aryl methyl sites for hydroxylation is 3. The van der Waals surface area contributed by atoms with Crippen LogP contribution in [0.15, 0.2) is 12.3 Å². The van der Waals surface area contributed by atoms with Gasteiger partial charge in [-0.2, -0.15) is 5.10 Å². The van der Waals surface area contributed by atoms with Gasteiger partial charge in [0, 0.05) is 31.9 Å². The number of aromatic nitrogens is 5. The lowest BCUT2D eigenvalue weighted by atomic mass is 10.3. The number of nitrogens with zero attached hydrogens (tertiary/aromatic N) is 5. The van der Waals surface area contributed by atoms with Gasteiger partial charge in [0.25, 0.3) is 0 Å². The fourth-order valence-electron chi connectivity index (χ4n) is 1.87. The van der Waals surface area contributed by atoms with Crippen LogP contribution in [-0.4, -0.2) is 37.1 Å². The first kappa shape index (κ1) is 13.3. The topological polar surface area (TPSA) is 74.8 Å². The van der Waals surface area contributed by atoms with Gasteiger partial charge >= 0.3 is 5.97 Å². The normalized spacial score (nSPS) is 10.7. The fraction of sp³-hybridized carbons (Fsp3) is 0.500.